The third kappa shape index (κ3) is 4.52. The number of ether oxygens (including phenoxy) is 3. The molecule has 2 aromatic rings. The molecule has 1 amide bonds. The first kappa shape index (κ1) is 22.6. The maximum absolute atomic E-state index is 13.2. The van der Waals surface area contributed by atoms with E-state index in [1.807, 2.05) is 12.1 Å². The molecule has 0 aliphatic carbocycles. The minimum atomic E-state index is -0.604. The van der Waals surface area contributed by atoms with E-state index in [4.69, 9.17) is 14.2 Å². The molecule has 1 unspecified atom stereocenters. The van der Waals surface area contributed by atoms with Gasteiger partial charge in [-0.15, -0.1) is 12.4 Å². The van der Waals surface area contributed by atoms with Crippen molar-refractivity contribution in [2.24, 2.45) is 0 Å². The maximum Gasteiger partial charge on any atom is 0.324 e. The van der Waals surface area contributed by atoms with Gasteiger partial charge >= 0.3 is 5.97 Å². The molecule has 1 fully saturated rings. The molecule has 3 heterocycles. The van der Waals surface area contributed by atoms with Gasteiger partial charge in [0.2, 0.25) is 6.79 Å². The van der Waals surface area contributed by atoms with Crippen molar-refractivity contribution >= 4 is 24.3 Å². The van der Waals surface area contributed by atoms with Crippen molar-refractivity contribution in [2.45, 2.75) is 19.5 Å². The van der Waals surface area contributed by atoms with Gasteiger partial charge in [0.25, 0.3) is 11.5 Å². The number of carbonyl (C=O) groups excluding carboxylic acids is 2. The normalized spacial score (nSPS) is 17.1. The summed E-state index contributed by atoms with van der Waals surface area (Å²) in [6.07, 6.45) is 1.67. The van der Waals surface area contributed by atoms with Crippen LogP contribution in [0.2, 0.25) is 0 Å². The third-order valence-electron chi connectivity index (χ3n) is 5.33. The highest BCUT2D eigenvalue weighted by Gasteiger charge is 2.31. The van der Waals surface area contributed by atoms with E-state index in [1.54, 1.807) is 25.3 Å². The fraction of sp³-hybridized carbons (Fsp3) is 0.381. The van der Waals surface area contributed by atoms with Crippen molar-refractivity contribution in [1.29, 1.82) is 0 Å². The van der Waals surface area contributed by atoms with Crippen molar-refractivity contribution < 1.29 is 23.8 Å². The van der Waals surface area contributed by atoms with Gasteiger partial charge in [-0.2, -0.15) is 0 Å². The number of piperazine rings is 1. The molecule has 0 spiro atoms. The molecule has 31 heavy (non-hydrogen) atoms. The summed E-state index contributed by atoms with van der Waals surface area (Å²) >= 11 is 0. The molecule has 1 saturated heterocycles. The van der Waals surface area contributed by atoms with Crippen molar-refractivity contribution in [3.63, 3.8) is 0 Å². The van der Waals surface area contributed by atoms with Gasteiger partial charge in [-0.05, 0) is 36.2 Å². The van der Waals surface area contributed by atoms with Gasteiger partial charge in [0, 0.05) is 25.8 Å². The molecule has 2 aliphatic heterocycles. The van der Waals surface area contributed by atoms with Crippen LogP contribution in [0.1, 0.15) is 21.5 Å². The Morgan fingerprint density at radius 2 is 2.00 bits per heavy atom. The Hall–Kier alpha value is -3.04. The molecule has 1 aromatic heterocycles. The standard InChI is InChI=1S/C21H23N3O6.ClH/c1-13-5-7-23(10-14-3-4-16-17(9-14)30-12-29-16)19(25)18(13)20(26)24-8-6-22-15(11-24)21(27)28-2;/h3-5,7,9,15,22H,6,8,10-12H2,1-2H3;1H. The number of fused-ring (bicyclic) bond motifs is 1. The van der Waals surface area contributed by atoms with Crippen LogP contribution in [0.25, 0.3) is 0 Å². The molecule has 1 aromatic carbocycles. The molecule has 1 N–H and O–H groups in total. The Bertz CT molecular complexity index is 1050. The van der Waals surface area contributed by atoms with Crippen LogP contribution >= 0.6 is 12.4 Å². The van der Waals surface area contributed by atoms with E-state index < -0.39 is 12.0 Å². The smallest absolute Gasteiger partial charge is 0.324 e. The summed E-state index contributed by atoms with van der Waals surface area (Å²) in [7, 11) is 1.31. The van der Waals surface area contributed by atoms with Gasteiger partial charge in [0.15, 0.2) is 11.5 Å². The Labute approximate surface area is 185 Å². The third-order valence-corrected chi connectivity index (χ3v) is 5.33. The molecule has 9 nitrogen and oxygen atoms in total. The summed E-state index contributed by atoms with van der Waals surface area (Å²) in [4.78, 5) is 39.6. The number of rotatable bonds is 4. The SMILES string of the molecule is COC(=O)C1CN(C(=O)c2c(C)ccn(Cc3ccc4c(c3)OCO4)c2=O)CCN1.Cl. The van der Waals surface area contributed by atoms with Crippen LogP contribution in [0.15, 0.2) is 35.3 Å². The molecule has 1 atom stereocenters. The predicted octanol–water partition coefficient (Wildman–Crippen LogP) is 0.943. The number of esters is 1. The summed E-state index contributed by atoms with van der Waals surface area (Å²) in [6, 6.07) is 6.64. The van der Waals surface area contributed by atoms with Crippen molar-refractivity contribution in [2.75, 3.05) is 33.5 Å². The number of nitrogens with zero attached hydrogens (tertiary/aromatic N) is 2. The topological polar surface area (TPSA) is 99.1 Å². The van der Waals surface area contributed by atoms with Gasteiger partial charge in [-0.25, -0.2) is 0 Å². The molecule has 0 radical (unpaired) electrons. The van der Waals surface area contributed by atoms with E-state index in [0.29, 0.717) is 36.7 Å². The van der Waals surface area contributed by atoms with E-state index in [-0.39, 0.29) is 42.8 Å². The summed E-state index contributed by atoms with van der Waals surface area (Å²) in [5, 5.41) is 3.03. The zero-order valence-electron chi connectivity index (χ0n) is 17.3. The number of carbonyl (C=O) groups is 2. The van der Waals surface area contributed by atoms with Gasteiger partial charge < -0.3 is 29.0 Å². The van der Waals surface area contributed by atoms with Crippen molar-refractivity contribution in [1.82, 2.24) is 14.8 Å². The summed E-state index contributed by atoms with van der Waals surface area (Å²) in [5.41, 5.74) is 1.20. The largest absolute Gasteiger partial charge is 0.468 e. The first-order chi connectivity index (χ1) is 14.5. The number of aromatic nitrogens is 1. The van der Waals surface area contributed by atoms with Crippen LogP contribution in [0.5, 0.6) is 11.5 Å². The average molecular weight is 450 g/mol. The van der Waals surface area contributed by atoms with Crippen molar-refractivity contribution in [3.8, 4) is 11.5 Å². The first-order valence-corrected chi connectivity index (χ1v) is 9.67. The first-order valence-electron chi connectivity index (χ1n) is 9.67. The number of hydrogen-bond acceptors (Lipinski definition) is 7. The number of benzene rings is 1. The Morgan fingerprint density at radius 3 is 2.77 bits per heavy atom. The van der Waals surface area contributed by atoms with Crippen LogP contribution in [-0.2, 0) is 16.1 Å². The number of halogens is 1. The highest BCUT2D eigenvalue weighted by atomic mass is 35.5. The van der Waals surface area contributed by atoms with Gasteiger partial charge in [-0.1, -0.05) is 6.07 Å². The highest BCUT2D eigenvalue weighted by Crippen LogP contribution is 2.32. The van der Waals surface area contributed by atoms with Gasteiger partial charge in [0.1, 0.15) is 11.6 Å². The van der Waals surface area contributed by atoms with E-state index >= 15 is 0 Å². The average Bonchev–Trinajstić information content (AvgIpc) is 3.23. The van der Waals surface area contributed by atoms with E-state index in [0.717, 1.165) is 5.56 Å². The van der Waals surface area contributed by atoms with E-state index in [1.165, 1.54) is 16.6 Å². The monoisotopic (exact) mass is 449 g/mol. The lowest BCUT2D eigenvalue weighted by Gasteiger charge is -2.32. The number of amides is 1. The fourth-order valence-corrected chi connectivity index (χ4v) is 3.68. The second kappa shape index (κ2) is 9.40. The Balaban J connectivity index is 0.00000272. The second-order valence-electron chi connectivity index (χ2n) is 7.28. The van der Waals surface area contributed by atoms with E-state index in [2.05, 4.69) is 5.32 Å². The van der Waals surface area contributed by atoms with Crippen LogP contribution < -0.4 is 20.3 Å². The van der Waals surface area contributed by atoms with Gasteiger partial charge in [-0.3, -0.25) is 14.4 Å². The van der Waals surface area contributed by atoms with Crippen LogP contribution in [0.3, 0.4) is 0 Å². The lowest BCUT2D eigenvalue weighted by atomic mass is 10.1. The molecular formula is C21H24ClN3O6. The molecule has 2 aliphatic rings. The quantitative estimate of drug-likeness (QED) is 0.693. The zero-order chi connectivity index (χ0) is 21.3. The number of hydrogen-bond donors (Lipinski definition) is 1. The van der Waals surface area contributed by atoms with Crippen LogP contribution in [0, 0.1) is 6.92 Å². The molecule has 0 bridgehead atoms. The maximum atomic E-state index is 13.2. The van der Waals surface area contributed by atoms with Crippen LogP contribution in [0.4, 0.5) is 0 Å². The van der Waals surface area contributed by atoms with Crippen LogP contribution in [-0.4, -0.2) is 60.9 Å². The molecule has 0 saturated carbocycles. The number of pyridine rings is 1. The summed E-state index contributed by atoms with van der Waals surface area (Å²) in [6.45, 7) is 3.22. The Morgan fingerprint density at radius 1 is 1.23 bits per heavy atom. The lowest BCUT2D eigenvalue weighted by molar-refractivity contribution is -0.144. The summed E-state index contributed by atoms with van der Waals surface area (Å²) < 4.78 is 17.0. The lowest BCUT2D eigenvalue weighted by Crippen LogP contribution is -2.56. The van der Waals surface area contributed by atoms with E-state index in [9.17, 15) is 14.4 Å². The fourth-order valence-electron chi connectivity index (χ4n) is 3.68. The number of aryl methyl sites for hydroxylation is 1. The number of nitrogens with one attached hydrogen (secondary N) is 1. The van der Waals surface area contributed by atoms with Crippen molar-refractivity contribution in [3.05, 3.63) is 57.5 Å². The minimum Gasteiger partial charge on any atom is -0.468 e. The molecule has 4 rings (SSSR count). The summed E-state index contributed by atoms with van der Waals surface area (Å²) in [5.74, 6) is 0.494. The Kier molecular flexibility index (Phi) is 6.87. The predicted molar refractivity (Wildman–Crippen MR) is 114 cm³/mol. The number of methoxy groups -OCH3 is 1. The highest BCUT2D eigenvalue weighted by molar-refractivity contribution is 5.95. The zero-order valence-corrected chi connectivity index (χ0v) is 18.1. The second-order valence-corrected chi connectivity index (χ2v) is 7.28. The molecular weight excluding hydrogens is 426 g/mol. The molecule has 10 heteroatoms. The molecule has 166 valence electrons. The van der Waals surface area contributed by atoms with Gasteiger partial charge in [0.05, 0.1) is 13.7 Å². The minimum absolute atomic E-state index is 0.